The van der Waals surface area contributed by atoms with Crippen molar-refractivity contribution in [3.05, 3.63) is 29.8 Å². The highest BCUT2D eigenvalue weighted by atomic mass is 16.3. The second kappa shape index (κ2) is 8.63. The molecule has 5 nitrogen and oxygen atoms in total. The van der Waals surface area contributed by atoms with E-state index in [4.69, 9.17) is 10.2 Å². The topological polar surface area (TPSA) is 72.8 Å². The number of hydrogen-bond donors (Lipinski definition) is 3. The summed E-state index contributed by atoms with van der Waals surface area (Å²) in [5, 5.41) is 20.6. The fourth-order valence-electron chi connectivity index (χ4n) is 1.91. The van der Waals surface area contributed by atoms with Crippen LogP contribution in [0, 0.1) is 0 Å². The van der Waals surface area contributed by atoms with Crippen LogP contribution >= 0.6 is 0 Å². The van der Waals surface area contributed by atoms with Crippen molar-refractivity contribution in [2.24, 2.45) is 0 Å². The second-order valence-electron chi connectivity index (χ2n) is 4.46. The van der Waals surface area contributed by atoms with Crippen LogP contribution in [0.15, 0.2) is 24.3 Å². The Morgan fingerprint density at radius 1 is 1.26 bits per heavy atom. The zero-order valence-corrected chi connectivity index (χ0v) is 11.3. The van der Waals surface area contributed by atoms with Crippen LogP contribution in [0.3, 0.4) is 0 Å². The molecule has 0 saturated heterocycles. The van der Waals surface area contributed by atoms with Gasteiger partial charge in [-0.05, 0) is 24.1 Å². The number of rotatable bonds is 8. The van der Waals surface area contributed by atoms with Gasteiger partial charge in [-0.1, -0.05) is 12.1 Å². The number of nitrogens with zero attached hydrogens (tertiary/aromatic N) is 1. The quantitative estimate of drug-likeness (QED) is 0.651. The standard InChI is InChI=1S/C14H22N2O3/c1-12(19)15-14-5-2-4-13(10-14)11-16(7-9-18)6-3-8-17/h2,4-5,10,17-18H,3,6-9,11H2,1H3,(H,15,19). The first kappa shape index (κ1) is 15.6. The van der Waals surface area contributed by atoms with Crippen molar-refractivity contribution in [3.63, 3.8) is 0 Å². The number of aliphatic hydroxyl groups is 2. The molecular formula is C14H22N2O3. The fraction of sp³-hybridized carbons (Fsp3) is 0.500. The molecule has 1 aromatic carbocycles. The lowest BCUT2D eigenvalue weighted by molar-refractivity contribution is -0.114. The third-order valence-electron chi connectivity index (χ3n) is 2.70. The van der Waals surface area contributed by atoms with Gasteiger partial charge in [0.2, 0.25) is 5.91 Å². The Kier molecular flexibility index (Phi) is 7.10. The molecule has 0 aromatic heterocycles. The molecule has 0 aliphatic heterocycles. The second-order valence-corrected chi connectivity index (χ2v) is 4.46. The summed E-state index contributed by atoms with van der Waals surface area (Å²) in [6, 6.07) is 7.64. The minimum Gasteiger partial charge on any atom is -0.396 e. The normalized spacial score (nSPS) is 10.7. The van der Waals surface area contributed by atoms with Crippen molar-refractivity contribution in [1.82, 2.24) is 4.90 Å². The molecule has 0 aliphatic rings. The lowest BCUT2D eigenvalue weighted by Gasteiger charge is -2.21. The van der Waals surface area contributed by atoms with E-state index < -0.39 is 0 Å². The number of anilines is 1. The van der Waals surface area contributed by atoms with Crippen molar-refractivity contribution in [2.75, 3.05) is 31.6 Å². The summed E-state index contributed by atoms with van der Waals surface area (Å²) in [5.74, 6) is -0.0929. The van der Waals surface area contributed by atoms with Crippen LogP contribution < -0.4 is 5.32 Å². The zero-order valence-electron chi connectivity index (χ0n) is 11.3. The van der Waals surface area contributed by atoms with Crippen molar-refractivity contribution in [1.29, 1.82) is 0 Å². The smallest absolute Gasteiger partial charge is 0.221 e. The molecule has 0 bridgehead atoms. The molecule has 0 fully saturated rings. The van der Waals surface area contributed by atoms with Crippen LogP contribution in [0.5, 0.6) is 0 Å². The van der Waals surface area contributed by atoms with Crippen molar-refractivity contribution < 1.29 is 15.0 Å². The largest absolute Gasteiger partial charge is 0.396 e. The third-order valence-corrected chi connectivity index (χ3v) is 2.70. The molecule has 0 heterocycles. The minimum absolute atomic E-state index is 0.0929. The number of aliphatic hydroxyl groups excluding tert-OH is 2. The van der Waals surface area contributed by atoms with Gasteiger partial charge in [-0.3, -0.25) is 9.69 Å². The SMILES string of the molecule is CC(=O)Nc1cccc(CN(CCO)CCCO)c1. The van der Waals surface area contributed by atoms with Crippen molar-refractivity contribution in [2.45, 2.75) is 19.9 Å². The Morgan fingerprint density at radius 2 is 2.05 bits per heavy atom. The molecule has 106 valence electrons. The van der Waals surface area contributed by atoms with Crippen molar-refractivity contribution in [3.8, 4) is 0 Å². The first-order valence-electron chi connectivity index (χ1n) is 6.46. The van der Waals surface area contributed by atoms with E-state index in [1.165, 1.54) is 6.92 Å². The fourth-order valence-corrected chi connectivity index (χ4v) is 1.91. The van der Waals surface area contributed by atoms with Gasteiger partial charge < -0.3 is 15.5 Å². The number of carbonyl (C=O) groups is 1. The monoisotopic (exact) mass is 266 g/mol. The number of nitrogens with one attached hydrogen (secondary N) is 1. The number of benzene rings is 1. The van der Waals surface area contributed by atoms with Crippen LogP contribution in [0.1, 0.15) is 18.9 Å². The van der Waals surface area contributed by atoms with Gasteiger partial charge >= 0.3 is 0 Å². The molecule has 3 N–H and O–H groups in total. The van der Waals surface area contributed by atoms with E-state index >= 15 is 0 Å². The maximum atomic E-state index is 11.0. The molecule has 0 unspecified atom stereocenters. The summed E-state index contributed by atoms with van der Waals surface area (Å²) in [4.78, 5) is 13.1. The first-order chi connectivity index (χ1) is 9.15. The molecule has 5 heteroatoms. The molecule has 0 atom stereocenters. The van der Waals surface area contributed by atoms with Gasteiger partial charge in [-0.15, -0.1) is 0 Å². The number of carbonyl (C=O) groups excluding carboxylic acids is 1. The van der Waals surface area contributed by atoms with E-state index in [2.05, 4.69) is 10.2 Å². The maximum Gasteiger partial charge on any atom is 0.221 e. The van der Waals surface area contributed by atoms with Crippen LogP contribution in [-0.4, -0.2) is 47.3 Å². The molecule has 1 aromatic rings. The van der Waals surface area contributed by atoms with Gasteiger partial charge in [0.15, 0.2) is 0 Å². The molecule has 0 aliphatic carbocycles. The predicted octanol–water partition coefficient (Wildman–Crippen LogP) is 0.822. The maximum absolute atomic E-state index is 11.0. The van der Waals surface area contributed by atoms with Crippen molar-refractivity contribution >= 4 is 11.6 Å². The van der Waals surface area contributed by atoms with Crippen LogP contribution in [0.4, 0.5) is 5.69 Å². The third kappa shape index (κ3) is 6.33. The summed E-state index contributed by atoms with van der Waals surface area (Å²) in [5.41, 5.74) is 1.84. The highest BCUT2D eigenvalue weighted by Gasteiger charge is 2.06. The van der Waals surface area contributed by atoms with Gasteiger partial charge in [0, 0.05) is 38.9 Å². The molecule has 19 heavy (non-hydrogen) atoms. The minimum atomic E-state index is -0.0929. The van der Waals surface area contributed by atoms with Gasteiger partial charge in [0.25, 0.3) is 0 Å². The Balaban J connectivity index is 2.64. The Bertz CT molecular complexity index is 396. The number of hydrogen-bond acceptors (Lipinski definition) is 4. The van der Waals surface area contributed by atoms with E-state index in [9.17, 15) is 4.79 Å². The van der Waals surface area contributed by atoms with E-state index in [1.54, 1.807) is 0 Å². The van der Waals surface area contributed by atoms with Crippen LogP contribution in [0.2, 0.25) is 0 Å². The van der Waals surface area contributed by atoms with Gasteiger partial charge in [-0.2, -0.15) is 0 Å². The van der Waals surface area contributed by atoms with E-state index in [1.807, 2.05) is 24.3 Å². The van der Waals surface area contributed by atoms with Gasteiger partial charge in [-0.25, -0.2) is 0 Å². The summed E-state index contributed by atoms with van der Waals surface area (Å²) >= 11 is 0. The molecular weight excluding hydrogens is 244 g/mol. The van der Waals surface area contributed by atoms with Crippen LogP contribution in [0.25, 0.3) is 0 Å². The molecule has 0 spiro atoms. The van der Waals surface area contributed by atoms with E-state index in [0.717, 1.165) is 17.8 Å². The zero-order chi connectivity index (χ0) is 14.1. The lowest BCUT2D eigenvalue weighted by Crippen LogP contribution is -2.28. The van der Waals surface area contributed by atoms with Crippen LogP contribution in [-0.2, 0) is 11.3 Å². The molecule has 1 rings (SSSR count). The molecule has 0 saturated carbocycles. The Morgan fingerprint density at radius 3 is 2.68 bits per heavy atom. The lowest BCUT2D eigenvalue weighted by atomic mass is 10.2. The first-order valence-corrected chi connectivity index (χ1v) is 6.46. The van der Waals surface area contributed by atoms with E-state index in [0.29, 0.717) is 19.5 Å². The highest BCUT2D eigenvalue weighted by Crippen LogP contribution is 2.12. The average Bonchev–Trinajstić information content (AvgIpc) is 2.36. The summed E-state index contributed by atoms with van der Waals surface area (Å²) in [7, 11) is 0. The van der Waals surface area contributed by atoms with Gasteiger partial charge in [0.05, 0.1) is 6.61 Å². The summed E-state index contributed by atoms with van der Waals surface area (Å²) < 4.78 is 0. The average molecular weight is 266 g/mol. The predicted molar refractivity (Wildman–Crippen MR) is 74.8 cm³/mol. The Labute approximate surface area is 113 Å². The highest BCUT2D eigenvalue weighted by molar-refractivity contribution is 5.88. The Hall–Kier alpha value is -1.43. The molecule has 1 amide bonds. The summed E-state index contributed by atoms with van der Waals surface area (Å²) in [6.45, 7) is 3.72. The van der Waals surface area contributed by atoms with Gasteiger partial charge in [0.1, 0.15) is 0 Å². The van der Waals surface area contributed by atoms with E-state index in [-0.39, 0.29) is 19.1 Å². The molecule has 0 radical (unpaired) electrons. The summed E-state index contributed by atoms with van der Waals surface area (Å²) in [6.07, 6.45) is 0.686. The number of amides is 1.